The van der Waals surface area contributed by atoms with Gasteiger partial charge in [-0.25, -0.2) is 12.8 Å². The van der Waals surface area contributed by atoms with Crippen LogP contribution in [0.4, 0.5) is 10.1 Å². The number of anilines is 1. The van der Waals surface area contributed by atoms with Crippen molar-refractivity contribution in [2.45, 2.75) is 24.8 Å². The molecule has 1 atom stereocenters. The molecule has 0 unspecified atom stereocenters. The zero-order valence-corrected chi connectivity index (χ0v) is 19.3. The number of aryl methyl sites for hydroxylation is 1. The first-order valence-electron chi connectivity index (χ1n) is 10.1. The Morgan fingerprint density at radius 2 is 1.73 bits per heavy atom. The standard InChI is InChI=1S/C24H25FN2O5S/c1-16-14-20(33(29,30)27-19-10-8-18(25)9-11-19)12-13-22(16)32-15-24(28)26-17(2)21-6-4-5-7-23(21)31-3/h4-14,17,27H,15H2,1-3H3,(H,26,28)/t17-/m1/s1. The minimum absolute atomic E-state index is 0.0194. The second-order valence-corrected chi connectivity index (χ2v) is 9.04. The van der Waals surface area contributed by atoms with Crippen LogP contribution in [0.1, 0.15) is 24.1 Å². The normalized spacial score (nSPS) is 12.0. The molecule has 1 amide bonds. The molecule has 7 nitrogen and oxygen atoms in total. The van der Waals surface area contributed by atoms with Crippen molar-refractivity contribution in [1.82, 2.24) is 5.32 Å². The van der Waals surface area contributed by atoms with E-state index < -0.39 is 15.8 Å². The molecule has 0 saturated heterocycles. The third-order valence-electron chi connectivity index (χ3n) is 4.89. The van der Waals surface area contributed by atoms with E-state index in [-0.39, 0.29) is 29.1 Å². The van der Waals surface area contributed by atoms with E-state index in [1.807, 2.05) is 31.2 Å². The molecule has 0 heterocycles. The number of methoxy groups -OCH3 is 1. The van der Waals surface area contributed by atoms with Crippen LogP contribution in [0.2, 0.25) is 0 Å². The topological polar surface area (TPSA) is 93.7 Å². The quantitative estimate of drug-likeness (QED) is 0.487. The first-order valence-corrected chi connectivity index (χ1v) is 11.6. The van der Waals surface area contributed by atoms with Gasteiger partial charge in [0.25, 0.3) is 15.9 Å². The number of benzene rings is 3. The highest BCUT2D eigenvalue weighted by Crippen LogP contribution is 2.25. The van der Waals surface area contributed by atoms with Crippen molar-refractivity contribution in [2.75, 3.05) is 18.4 Å². The van der Waals surface area contributed by atoms with Crippen molar-refractivity contribution < 1.29 is 27.1 Å². The van der Waals surface area contributed by atoms with Crippen molar-refractivity contribution in [3.05, 3.63) is 83.7 Å². The molecule has 0 aliphatic heterocycles. The summed E-state index contributed by atoms with van der Waals surface area (Å²) in [5.74, 6) is 0.267. The van der Waals surface area contributed by atoms with Crippen LogP contribution in [0, 0.1) is 12.7 Å². The number of amides is 1. The number of halogens is 1. The van der Waals surface area contributed by atoms with Gasteiger partial charge in [0.1, 0.15) is 17.3 Å². The maximum atomic E-state index is 13.0. The maximum Gasteiger partial charge on any atom is 0.261 e. The molecule has 0 fully saturated rings. The molecule has 3 aromatic rings. The number of ether oxygens (including phenoxy) is 2. The average molecular weight is 473 g/mol. The predicted octanol–water partition coefficient (Wildman–Crippen LogP) is 4.20. The smallest absolute Gasteiger partial charge is 0.261 e. The summed E-state index contributed by atoms with van der Waals surface area (Å²) in [4.78, 5) is 12.4. The van der Waals surface area contributed by atoms with Gasteiger partial charge in [-0.3, -0.25) is 9.52 Å². The largest absolute Gasteiger partial charge is 0.496 e. The van der Waals surface area contributed by atoms with Gasteiger partial charge in [-0.2, -0.15) is 0 Å². The molecule has 0 bridgehead atoms. The summed E-state index contributed by atoms with van der Waals surface area (Å²) in [6, 6.07) is 16.4. The van der Waals surface area contributed by atoms with Crippen LogP contribution >= 0.6 is 0 Å². The molecule has 9 heteroatoms. The van der Waals surface area contributed by atoms with E-state index >= 15 is 0 Å². The molecule has 0 aromatic heterocycles. The highest BCUT2D eigenvalue weighted by Gasteiger charge is 2.17. The molecule has 0 spiro atoms. The number of rotatable bonds is 9. The zero-order valence-electron chi connectivity index (χ0n) is 18.5. The first kappa shape index (κ1) is 24.1. The molecule has 0 saturated carbocycles. The number of hydrogen-bond acceptors (Lipinski definition) is 5. The molecular formula is C24H25FN2O5S. The van der Waals surface area contributed by atoms with Crippen LogP contribution in [-0.4, -0.2) is 28.0 Å². The van der Waals surface area contributed by atoms with Crippen molar-refractivity contribution in [3.63, 3.8) is 0 Å². The molecule has 0 aliphatic rings. The summed E-state index contributed by atoms with van der Waals surface area (Å²) in [6.45, 7) is 3.29. The fraction of sp³-hybridized carbons (Fsp3) is 0.208. The molecule has 3 rings (SSSR count). The lowest BCUT2D eigenvalue weighted by Gasteiger charge is -2.18. The minimum Gasteiger partial charge on any atom is -0.496 e. The fourth-order valence-corrected chi connectivity index (χ4v) is 4.35. The Balaban J connectivity index is 1.62. The Morgan fingerprint density at radius 3 is 2.39 bits per heavy atom. The van der Waals surface area contributed by atoms with Gasteiger partial charge in [-0.1, -0.05) is 18.2 Å². The minimum atomic E-state index is -3.87. The third kappa shape index (κ3) is 6.23. The maximum absolute atomic E-state index is 13.0. The molecule has 174 valence electrons. The number of nitrogens with one attached hydrogen (secondary N) is 2. The van der Waals surface area contributed by atoms with Crippen LogP contribution in [-0.2, 0) is 14.8 Å². The predicted molar refractivity (Wildman–Crippen MR) is 123 cm³/mol. The van der Waals surface area contributed by atoms with Gasteiger partial charge >= 0.3 is 0 Å². The van der Waals surface area contributed by atoms with E-state index in [0.29, 0.717) is 17.1 Å². The number of carbonyl (C=O) groups is 1. The summed E-state index contributed by atoms with van der Waals surface area (Å²) >= 11 is 0. The van der Waals surface area contributed by atoms with Crippen molar-refractivity contribution >= 4 is 21.6 Å². The summed E-state index contributed by atoms with van der Waals surface area (Å²) < 4.78 is 51.6. The van der Waals surface area contributed by atoms with Crippen LogP contribution < -0.4 is 19.5 Å². The Bertz CT molecular complexity index is 1230. The van der Waals surface area contributed by atoms with Gasteiger partial charge in [-0.05, 0) is 67.9 Å². The van der Waals surface area contributed by atoms with E-state index in [9.17, 15) is 17.6 Å². The van der Waals surface area contributed by atoms with Gasteiger partial charge in [0, 0.05) is 11.3 Å². The summed E-state index contributed by atoms with van der Waals surface area (Å²) in [7, 11) is -2.30. The average Bonchev–Trinajstić information content (AvgIpc) is 2.79. The second-order valence-electron chi connectivity index (χ2n) is 7.36. The molecule has 3 aromatic carbocycles. The van der Waals surface area contributed by atoms with E-state index in [1.165, 1.54) is 42.5 Å². The molecule has 0 aliphatic carbocycles. The van der Waals surface area contributed by atoms with E-state index in [2.05, 4.69) is 10.0 Å². The Hall–Kier alpha value is -3.59. The zero-order chi connectivity index (χ0) is 24.0. The molecule has 0 radical (unpaired) electrons. The summed E-state index contributed by atoms with van der Waals surface area (Å²) in [5.41, 5.74) is 1.63. The summed E-state index contributed by atoms with van der Waals surface area (Å²) in [5, 5.41) is 2.85. The monoisotopic (exact) mass is 472 g/mol. The van der Waals surface area contributed by atoms with E-state index in [0.717, 1.165) is 5.56 Å². The second kappa shape index (κ2) is 10.4. The highest BCUT2D eigenvalue weighted by atomic mass is 32.2. The van der Waals surface area contributed by atoms with Gasteiger partial charge in [0.15, 0.2) is 6.61 Å². The van der Waals surface area contributed by atoms with Crippen molar-refractivity contribution in [2.24, 2.45) is 0 Å². The summed E-state index contributed by atoms with van der Waals surface area (Å²) in [6.07, 6.45) is 0. The number of hydrogen-bond donors (Lipinski definition) is 2. The lowest BCUT2D eigenvalue weighted by molar-refractivity contribution is -0.123. The SMILES string of the molecule is COc1ccccc1[C@@H](C)NC(=O)COc1ccc(S(=O)(=O)Nc2ccc(F)cc2)cc1C. The van der Waals surface area contributed by atoms with Crippen LogP contribution in [0.15, 0.2) is 71.6 Å². The third-order valence-corrected chi connectivity index (χ3v) is 6.27. The van der Waals surface area contributed by atoms with Crippen LogP contribution in [0.5, 0.6) is 11.5 Å². The molecule has 2 N–H and O–H groups in total. The van der Waals surface area contributed by atoms with E-state index in [1.54, 1.807) is 14.0 Å². The van der Waals surface area contributed by atoms with Gasteiger partial charge in [0.2, 0.25) is 0 Å². The van der Waals surface area contributed by atoms with Gasteiger partial charge in [0.05, 0.1) is 18.0 Å². The fourth-order valence-electron chi connectivity index (χ4n) is 3.21. The lowest BCUT2D eigenvalue weighted by Crippen LogP contribution is -2.31. The number of sulfonamides is 1. The Labute approximate surface area is 192 Å². The Kier molecular flexibility index (Phi) is 7.55. The van der Waals surface area contributed by atoms with E-state index in [4.69, 9.17) is 9.47 Å². The Morgan fingerprint density at radius 1 is 1.03 bits per heavy atom. The van der Waals surface area contributed by atoms with Crippen LogP contribution in [0.25, 0.3) is 0 Å². The molecular weight excluding hydrogens is 447 g/mol. The van der Waals surface area contributed by atoms with Gasteiger partial charge < -0.3 is 14.8 Å². The van der Waals surface area contributed by atoms with Crippen molar-refractivity contribution in [3.8, 4) is 11.5 Å². The van der Waals surface area contributed by atoms with Crippen LogP contribution in [0.3, 0.4) is 0 Å². The lowest BCUT2D eigenvalue weighted by atomic mass is 10.1. The van der Waals surface area contributed by atoms with Gasteiger partial charge in [-0.15, -0.1) is 0 Å². The highest BCUT2D eigenvalue weighted by molar-refractivity contribution is 7.92. The first-order chi connectivity index (χ1) is 15.7. The number of para-hydroxylation sites is 1. The number of carbonyl (C=O) groups excluding carboxylic acids is 1. The molecule has 33 heavy (non-hydrogen) atoms. The van der Waals surface area contributed by atoms with Crippen molar-refractivity contribution in [1.29, 1.82) is 0 Å².